The first kappa shape index (κ1) is 20.2. The molecule has 1 saturated carbocycles. The first-order chi connectivity index (χ1) is 13.9. The number of nitriles is 1. The average Bonchev–Trinajstić information content (AvgIpc) is 3.41. The fraction of sp³-hybridized carbons (Fsp3) is 0.400. The van der Waals surface area contributed by atoms with Crippen molar-refractivity contribution >= 4 is 17.9 Å². The number of ether oxygens (including phenoxy) is 1. The number of aromatic nitrogens is 1. The van der Waals surface area contributed by atoms with Gasteiger partial charge in [-0.15, -0.1) is 0 Å². The van der Waals surface area contributed by atoms with Crippen molar-refractivity contribution in [3.63, 3.8) is 0 Å². The van der Waals surface area contributed by atoms with E-state index in [1.807, 2.05) is 6.07 Å². The maximum absolute atomic E-state index is 12.6. The van der Waals surface area contributed by atoms with Crippen LogP contribution in [0.2, 0.25) is 0 Å². The van der Waals surface area contributed by atoms with E-state index < -0.39 is 24.0 Å². The molecule has 0 spiro atoms. The van der Waals surface area contributed by atoms with Gasteiger partial charge in [-0.05, 0) is 38.8 Å². The Bertz CT molecular complexity index is 948. The number of imide groups is 1. The molecule has 2 N–H and O–H groups in total. The molecule has 1 aliphatic rings. The molecule has 1 fully saturated rings. The van der Waals surface area contributed by atoms with Crippen LogP contribution in [-0.4, -0.2) is 34.6 Å². The van der Waals surface area contributed by atoms with Crippen molar-refractivity contribution in [3.8, 4) is 12.0 Å². The molecule has 2 heterocycles. The summed E-state index contributed by atoms with van der Waals surface area (Å²) in [5.41, 5.74) is -0.0402. The summed E-state index contributed by atoms with van der Waals surface area (Å²) in [5, 5.41) is 14.4. The van der Waals surface area contributed by atoms with Crippen molar-refractivity contribution in [3.05, 3.63) is 41.4 Å². The van der Waals surface area contributed by atoms with Crippen molar-refractivity contribution < 1.29 is 23.5 Å². The van der Waals surface area contributed by atoms with Crippen LogP contribution in [0.5, 0.6) is 0 Å². The number of hydrogen-bond acceptors (Lipinski definition) is 6. The minimum atomic E-state index is -1.23. The average molecular weight is 398 g/mol. The predicted molar refractivity (Wildman–Crippen MR) is 101 cm³/mol. The summed E-state index contributed by atoms with van der Waals surface area (Å²) in [5.74, 6) is -1.24. The molecule has 0 saturated heterocycles. The van der Waals surface area contributed by atoms with Gasteiger partial charge in [0.15, 0.2) is 6.10 Å². The molecule has 0 radical (unpaired) electrons. The Labute approximate surface area is 167 Å². The standard InChI is InChI=1S/C20H22N4O5/c1-12-16(15(11-21)18(28-12)24-9-5-6-10-24)19(26)29-13(2)17(25)23-20(27)22-14-7-3-4-8-14/h5-6,9-10,13-14H,3-4,7-8H2,1-2H3,(H2,22,23,25,27)/t13-/m1/s1. The minimum absolute atomic E-state index is 0.00952. The Kier molecular flexibility index (Phi) is 6.02. The number of rotatable bonds is 5. The van der Waals surface area contributed by atoms with Crippen molar-refractivity contribution in [1.29, 1.82) is 5.26 Å². The number of aryl methyl sites for hydroxylation is 1. The topological polar surface area (TPSA) is 126 Å². The van der Waals surface area contributed by atoms with E-state index in [1.165, 1.54) is 13.8 Å². The molecule has 0 unspecified atom stereocenters. The van der Waals surface area contributed by atoms with Gasteiger partial charge in [0.2, 0.25) is 5.88 Å². The molecule has 3 amide bonds. The van der Waals surface area contributed by atoms with Crippen LogP contribution in [0, 0.1) is 18.3 Å². The summed E-state index contributed by atoms with van der Waals surface area (Å²) < 4.78 is 12.3. The van der Waals surface area contributed by atoms with E-state index in [-0.39, 0.29) is 28.8 Å². The summed E-state index contributed by atoms with van der Waals surface area (Å²) in [6.45, 7) is 2.88. The van der Waals surface area contributed by atoms with Crippen LogP contribution in [0.1, 0.15) is 54.3 Å². The van der Waals surface area contributed by atoms with Crippen molar-refractivity contribution in [2.75, 3.05) is 0 Å². The second-order valence-electron chi connectivity index (χ2n) is 6.91. The normalized spacial score (nSPS) is 14.8. The van der Waals surface area contributed by atoms with E-state index in [1.54, 1.807) is 29.1 Å². The summed E-state index contributed by atoms with van der Waals surface area (Å²) in [4.78, 5) is 36.7. The zero-order valence-electron chi connectivity index (χ0n) is 16.2. The van der Waals surface area contributed by atoms with Gasteiger partial charge in [0.05, 0.1) is 0 Å². The van der Waals surface area contributed by atoms with E-state index in [4.69, 9.17) is 9.15 Å². The first-order valence-electron chi connectivity index (χ1n) is 9.40. The van der Waals surface area contributed by atoms with Gasteiger partial charge in [-0.3, -0.25) is 14.7 Å². The second kappa shape index (κ2) is 8.65. The third-order valence-corrected chi connectivity index (χ3v) is 4.80. The minimum Gasteiger partial charge on any atom is -0.449 e. The smallest absolute Gasteiger partial charge is 0.343 e. The van der Waals surface area contributed by atoms with E-state index in [0.717, 1.165) is 25.7 Å². The zero-order chi connectivity index (χ0) is 21.0. The summed E-state index contributed by atoms with van der Waals surface area (Å²) >= 11 is 0. The van der Waals surface area contributed by atoms with Crippen LogP contribution in [0.25, 0.3) is 5.88 Å². The lowest BCUT2D eigenvalue weighted by atomic mass is 10.1. The Morgan fingerprint density at radius 2 is 1.93 bits per heavy atom. The number of amides is 3. The fourth-order valence-corrected chi connectivity index (χ4v) is 3.31. The summed E-state index contributed by atoms with van der Waals surface area (Å²) in [6.07, 6.45) is 5.97. The van der Waals surface area contributed by atoms with Gasteiger partial charge in [-0.25, -0.2) is 9.59 Å². The maximum Gasteiger partial charge on any atom is 0.343 e. The molecule has 3 rings (SSSR count). The zero-order valence-corrected chi connectivity index (χ0v) is 16.2. The number of nitrogens with one attached hydrogen (secondary N) is 2. The van der Waals surface area contributed by atoms with Crippen molar-refractivity contribution in [2.45, 2.75) is 51.7 Å². The lowest BCUT2D eigenvalue weighted by Gasteiger charge is -2.15. The summed E-state index contributed by atoms with van der Waals surface area (Å²) in [6, 6.07) is 4.89. The number of carbonyl (C=O) groups is 3. The number of urea groups is 1. The lowest BCUT2D eigenvalue weighted by Crippen LogP contribution is -2.47. The van der Waals surface area contributed by atoms with Crippen LogP contribution in [0.4, 0.5) is 4.79 Å². The monoisotopic (exact) mass is 398 g/mol. The van der Waals surface area contributed by atoms with Crippen LogP contribution < -0.4 is 10.6 Å². The van der Waals surface area contributed by atoms with Gasteiger partial charge in [0.1, 0.15) is 23.0 Å². The Morgan fingerprint density at radius 3 is 2.55 bits per heavy atom. The molecule has 9 heteroatoms. The quantitative estimate of drug-likeness (QED) is 0.746. The molecule has 0 aliphatic heterocycles. The van der Waals surface area contributed by atoms with E-state index in [0.29, 0.717) is 0 Å². The number of nitrogens with zero attached hydrogens (tertiary/aromatic N) is 2. The molecule has 1 aliphatic carbocycles. The van der Waals surface area contributed by atoms with Crippen molar-refractivity contribution in [2.24, 2.45) is 0 Å². The van der Waals surface area contributed by atoms with Crippen LogP contribution >= 0.6 is 0 Å². The van der Waals surface area contributed by atoms with Gasteiger partial charge in [-0.1, -0.05) is 12.8 Å². The van der Waals surface area contributed by atoms with Gasteiger partial charge in [0, 0.05) is 18.4 Å². The molecule has 152 valence electrons. The van der Waals surface area contributed by atoms with Gasteiger partial charge in [-0.2, -0.15) is 5.26 Å². The molecule has 2 aromatic rings. The molecule has 0 bridgehead atoms. The second-order valence-corrected chi connectivity index (χ2v) is 6.91. The number of esters is 1. The van der Waals surface area contributed by atoms with Gasteiger partial charge >= 0.3 is 12.0 Å². The first-order valence-corrected chi connectivity index (χ1v) is 9.40. The highest BCUT2D eigenvalue weighted by molar-refractivity contribution is 5.99. The fourth-order valence-electron chi connectivity index (χ4n) is 3.31. The number of furan rings is 1. The molecule has 2 aromatic heterocycles. The van der Waals surface area contributed by atoms with Crippen LogP contribution in [0.3, 0.4) is 0 Å². The summed E-state index contributed by atoms with van der Waals surface area (Å²) in [7, 11) is 0. The Balaban J connectivity index is 1.65. The predicted octanol–water partition coefficient (Wildman–Crippen LogP) is 2.56. The Hall–Kier alpha value is -3.54. The number of hydrogen-bond donors (Lipinski definition) is 2. The lowest BCUT2D eigenvalue weighted by molar-refractivity contribution is -0.127. The molecular weight excluding hydrogens is 376 g/mol. The molecule has 9 nitrogen and oxygen atoms in total. The molecule has 29 heavy (non-hydrogen) atoms. The highest BCUT2D eigenvalue weighted by atomic mass is 16.5. The Morgan fingerprint density at radius 1 is 1.28 bits per heavy atom. The SMILES string of the molecule is Cc1oc(-n2cccc2)c(C#N)c1C(=O)O[C@H](C)C(=O)NC(=O)NC1CCCC1. The van der Waals surface area contributed by atoms with Crippen molar-refractivity contribution in [1.82, 2.24) is 15.2 Å². The molecule has 1 atom stereocenters. The number of carbonyl (C=O) groups excluding carboxylic acids is 3. The maximum atomic E-state index is 12.6. The van der Waals surface area contributed by atoms with Crippen LogP contribution in [0.15, 0.2) is 28.9 Å². The van der Waals surface area contributed by atoms with Crippen LogP contribution in [-0.2, 0) is 9.53 Å². The molecular formula is C20H22N4O5. The largest absolute Gasteiger partial charge is 0.449 e. The highest BCUT2D eigenvalue weighted by Crippen LogP contribution is 2.26. The highest BCUT2D eigenvalue weighted by Gasteiger charge is 2.29. The third-order valence-electron chi connectivity index (χ3n) is 4.80. The van der Waals surface area contributed by atoms with Gasteiger partial charge < -0.3 is 14.5 Å². The molecule has 0 aromatic carbocycles. The van der Waals surface area contributed by atoms with E-state index >= 15 is 0 Å². The third kappa shape index (κ3) is 4.48. The van der Waals surface area contributed by atoms with Gasteiger partial charge in [0.25, 0.3) is 5.91 Å². The van der Waals surface area contributed by atoms with E-state index in [9.17, 15) is 19.6 Å². The van der Waals surface area contributed by atoms with E-state index in [2.05, 4.69) is 10.6 Å².